The highest BCUT2D eigenvalue weighted by molar-refractivity contribution is 6.00. The normalized spacial score (nSPS) is 18.4. The Labute approximate surface area is 114 Å². The predicted molar refractivity (Wildman–Crippen MR) is 72.5 cm³/mol. The van der Waals surface area contributed by atoms with Gasteiger partial charge in [0.2, 0.25) is 0 Å². The number of ether oxygens (including phenoxy) is 1. The van der Waals surface area contributed by atoms with Crippen LogP contribution in [0.3, 0.4) is 0 Å². The first kappa shape index (κ1) is 15.9. The first-order chi connectivity index (χ1) is 9.10. The second-order valence-corrected chi connectivity index (χ2v) is 5.13. The molecule has 108 valence electrons. The van der Waals surface area contributed by atoms with Crippen LogP contribution in [0.5, 0.6) is 0 Å². The summed E-state index contributed by atoms with van der Waals surface area (Å²) in [6.07, 6.45) is 6.00. The van der Waals surface area contributed by atoms with Gasteiger partial charge >= 0.3 is 5.97 Å². The van der Waals surface area contributed by atoms with Crippen molar-refractivity contribution >= 4 is 11.8 Å². The maximum Gasteiger partial charge on any atom is 0.316 e. The molecular weight excluding hydrogens is 244 g/mol. The highest BCUT2D eigenvalue weighted by Crippen LogP contribution is 2.29. The van der Waals surface area contributed by atoms with Crippen LogP contribution in [-0.4, -0.2) is 30.1 Å². The summed E-state index contributed by atoms with van der Waals surface area (Å²) in [5.41, 5.74) is 0.772. The molecule has 0 amide bonds. The molecule has 0 bridgehead atoms. The third-order valence-corrected chi connectivity index (χ3v) is 3.62. The van der Waals surface area contributed by atoms with E-state index in [0.29, 0.717) is 6.42 Å². The zero-order valence-electron chi connectivity index (χ0n) is 11.9. The van der Waals surface area contributed by atoms with Gasteiger partial charge in [-0.25, -0.2) is 0 Å². The Kier molecular flexibility index (Phi) is 6.78. The number of allylic oxidation sites excluding steroid dienone is 1. The highest BCUT2D eigenvalue weighted by atomic mass is 16.5. The molecule has 0 aromatic heterocycles. The van der Waals surface area contributed by atoms with Crippen molar-refractivity contribution in [3.05, 3.63) is 11.6 Å². The van der Waals surface area contributed by atoms with Crippen LogP contribution in [0.15, 0.2) is 11.6 Å². The van der Waals surface area contributed by atoms with Gasteiger partial charge in [-0.1, -0.05) is 24.5 Å². The lowest BCUT2D eigenvalue weighted by molar-refractivity contribution is -0.152. The maximum absolute atomic E-state index is 12.4. The van der Waals surface area contributed by atoms with E-state index in [4.69, 9.17) is 9.84 Å². The fourth-order valence-corrected chi connectivity index (χ4v) is 2.45. The van der Waals surface area contributed by atoms with Crippen molar-refractivity contribution in [2.75, 3.05) is 13.2 Å². The fraction of sp³-hybridized carbons (Fsp3) is 0.733. The summed E-state index contributed by atoms with van der Waals surface area (Å²) >= 11 is 0. The third-order valence-electron chi connectivity index (χ3n) is 3.62. The molecule has 1 atom stereocenters. The molecule has 0 aromatic carbocycles. The second-order valence-electron chi connectivity index (χ2n) is 5.13. The van der Waals surface area contributed by atoms with Crippen molar-refractivity contribution in [2.24, 2.45) is 11.8 Å². The Morgan fingerprint density at radius 2 is 2.00 bits per heavy atom. The van der Waals surface area contributed by atoms with Crippen LogP contribution in [0.2, 0.25) is 0 Å². The average molecular weight is 268 g/mol. The van der Waals surface area contributed by atoms with Gasteiger partial charge in [-0.15, -0.1) is 0 Å². The van der Waals surface area contributed by atoms with Gasteiger partial charge in [-0.05, 0) is 33.1 Å². The van der Waals surface area contributed by atoms with Crippen LogP contribution >= 0.6 is 0 Å². The summed E-state index contributed by atoms with van der Waals surface area (Å²) in [7, 11) is 0. The smallest absolute Gasteiger partial charge is 0.316 e. The second kappa shape index (κ2) is 8.10. The minimum atomic E-state index is -0.704. The summed E-state index contributed by atoms with van der Waals surface area (Å²) in [5.74, 6) is -1.11. The van der Waals surface area contributed by atoms with Gasteiger partial charge in [0.15, 0.2) is 0 Å². The van der Waals surface area contributed by atoms with E-state index in [0.717, 1.165) is 31.3 Å². The van der Waals surface area contributed by atoms with E-state index in [-0.39, 0.29) is 24.9 Å². The van der Waals surface area contributed by atoms with Gasteiger partial charge in [-0.3, -0.25) is 9.59 Å². The van der Waals surface area contributed by atoms with Crippen LogP contribution in [0.25, 0.3) is 0 Å². The number of hydrogen-bond acceptors (Lipinski definition) is 4. The van der Waals surface area contributed by atoms with E-state index in [1.165, 1.54) is 0 Å². The lowest BCUT2D eigenvalue weighted by Gasteiger charge is -2.17. The van der Waals surface area contributed by atoms with Gasteiger partial charge in [0.1, 0.15) is 11.7 Å². The number of carbonyl (C=O) groups is 2. The first-order valence-electron chi connectivity index (χ1n) is 7.07. The Morgan fingerprint density at radius 3 is 2.53 bits per heavy atom. The maximum atomic E-state index is 12.4. The zero-order valence-corrected chi connectivity index (χ0v) is 11.9. The number of esters is 1. The molecule has 0 spiro atoms. The Morgan fingerprint density at radius 1 is 1.37 bits per heavy atom. The average Bonchev–Trinajstić information content (AvgIpc) is 2.92. The summed E-state index contributed by atoms with van der Waals surface area (Å²) < 4.78 is 5.00. The molecule has 1 N–H and O–H groups in total. The van der Waals surface area contributed by atoms with Gasteiger partial charge < -0.3 is 9.84 Å². The SMILES string of the molecule is CCOC(=O)C(C/C=C(\C)CO)C(=O)C1CCCC1. The zero-order chi connectivity index (χ0) is 14.3. The van der Waals surface area contributed by atoms with Crippen LogP contribution in [0, 0.1) is 11.8 Å². The summed E-state index contributed by atoms with van der Waals surface area (Å²) in [6.45, 7) is 3.76. The van der Waals surface area contributed by atoms with Crippen LogP contribution in [0.1, 0.15) is 46.0 Å². The van der Waals surface area contributed by atoms with E-state index in [9.17, 15) is 9.59 Å². The van der Waals surface area contributed by atoms with Crippen molar-refractivity contribution in [1.29, 1.82) is 0 Å². The predicted octanol–water partition coefficient (Wildman–Crippen LogP) is 2.25. The standard InChI is InChI=1S/C15H24O4/c1-3-19-15(18)13(9-8-11(2)10-16)14(17)12-6-4-5-7-12/h8,12-13,16H,3-7,9-10H2,1-2H3/b11-8+. The van der Waals surface area contributed by atoms with Gasteiger partial charge in [-0.2, -0.15) is 0 Å². The number of carbonyl (C=O) groups excluding carboxylic acids is 2. The van der Waals surface area contributed by atoms with Crippen LogP contribution in [-0.2, 0) is 14.3 Å². The number of Topliss-reactive ketones (excluding diaryl/α,β-unsaturated/α-hetero) is 1. The summed E-state index contributed by atoms with van der Waals surface area (Å²) in [6, 6.07) is 0. The molecule has 1 aliphatic rings. The Balaban J connectivity index is 2.72. The minimum Gasteiger partial charge on any atom is -0.465 e. The summed E-state index contributed by atoms with van der Waals surface area (Å²) in [5, 5.41) is 8.97. The molecule has 0 saturated heterocycles. The van der Waals surface area contributed by atoms with Gasteiger partial charge in [0.05, 0.1) is 13.2 Å². The van der Waals surface area contributed by atoms with E-state index in [1.807, 2.05) is 0 Å². The number of hydrogen-bond donors (Lipinski definition) is 1. The Bertz CT molecular complexity index is 340. The van der Waals surface area contributed by atoms with Crippen molar-refractivity contribution in [2.45, 2.75) is 46.0 Å². The molecule has 1 fully saturated rings. The lowest BCUT2D eigenvalue weighted by atomic mass is 9.89. The largest absolute Gasteiger partial charge is 0.465 e. The van der Waals surface area contributed by atoms with Crippen LogP contribution < -0.4 is 0 Å². The Hall–Kier alpha value is -1.16. The number of ketones is 1. The molecular formula is C15H24O4. The monoisotopic (exact) mass is 268 g/mol. The molecule has 19 heavy (non-hydrogen) atoms. The molecule has 1 saturated carbocycles. The number of rotatable bonds is 7. The fourth-order valence-electron chi connectivity index (χ4n) is 2.45. The molecule has 0 aliphatic heterocycles. The quantitative estimate of drug-likeness (QED) is 0.437. The van der Waals surface area contributed by atoms with E-state index >= 15 is 0 Å². The number of aliphatic hydroxyl groups excluding tert-OH is 1. The first-order valence-corrected chi connectivity index (χ1v) is 7.07. The van der Waals surface area contributed by atoms with E-state index < -0.39 is 11.9 Å². The van der Waals surface area contributed by atoms with Crippen molar-refractivity contribution in [3.8, 4) is 0 Å². The van der Waals surface area contributed by atoms with E-state index in [2.05, 4.69) is 0 Å². The van der Waals surface area contributed by atoms with Gasteiger partial charge in [0, 0.05) is 5.92 Å². The van der Waals surface area contributed by atoms with Crippen LogP contribution in [0.4, 0.5) is 0 Å². The molecule has 1 rings (SSSR count). The van der Waals surface area contributed by atoms with Crippen molar-refractivity contribution < 1.29 is 19.4 Å². The number of aliphatic hydroxyl groups is 1. The molecule has 4 nitrogen and oxygen atoms in total. The summed E-state index contributed by atoms with van der Waals surface area (Å²) in [4.78, 5) is 24.3. The molecule has 1 unspecified atom stereocenters. The van der Waals surface area contributed by atoms with Crippen molar-refractivity contribution in [3.63, 3.8) is 0 Å². The topological polar surface area (TPSA) is 63.6 Å². The third kappa shape index (κ3) is 4.78. The molecule has 4 heteroatoms. The molecule has 0 aromatic rings. The van der Waals surface area contributed by atoms with Crippen molar-refractivity contribution in [1.82, 2.24) is 0 Å². The highest BCUT2D eigenvalue weighted by Gasteiger charge is 2.33. The van der Waals surface area contributed by atoms with E-state index in [1.54, 1.807) is 19.9 Å². The molecule has 0 heterocycles. The molecule has 1 aliphatic carbocycles. The molecule has 0 radical (unpaired) electrons. The minimum absolute atomic E-state index is 0.0113. The van der Waals surface area contributed by atoms with Gasteiger partial charge in [0.25, 0.3) is 0 Å². The lowest BCUT2D eigenvalue weighted by Crippen LogP contribution is -2.30.